The molecule has 0 unspecified atom stereocenters. The molecule has 1 spiro atoms. The van der Waals surface area contributed by atoms with Crippen molar-refractivity contribution in [2.45, 2.75) is 83.3 Å². The summed E-state index contributed by atoms with van der Waals surface area (Å²) in [6.45, 7) is 2.90. The van der Waals surface area contributed by atoms with Crippen molar-refractivity contribution in [3.63, 3.8) is 0 Å². The lowest BCUT2D eigenvalue weighted by Gasteiger charge is -2.57. The molecule has 0 radical (unpaired) electrons. The van der Waals surface area contributed by atoms with Crippen molar-refractivity contribution in [3.05, 3.63) is 0 Å². The van der Waals surface area contributed by atoms with E-state index >= 15 is 0 Å². The molecule has 3 saturated carbocycles. The summed E-state index contributed by atoms with van der Waals surface area (Å²) in [5.41, 5.74) is 0.287. The zero-order valence-corrected chi connectivity index (χ0v) is 13.8. The standard InChI is InChI=1S/C18H31NO2/c1-3-21-16-13-15(18(16)11-7-8-12-18)19(2)17(20)14-9-5-4-6-10-14/h14-16H,3-13H2,1-2H3/t15-,16-/m1/s1. The first-order valence-corrected chi connectivity index (χ1v) is 9.07. The van der Waals surface area contributed by atoms with Crippen molar-refractivity contribution in [1.29, 1.82) is 0 Å². The van der Waals surface area contributed by atoms with Crippen LogP contribution in [0.25, 0.3) is 0 Å². The van der Waals surface area contributed by atoms with Crippen LogP contribution in [-0.4, -0.2) is 36.6 Å². The van der Waals surface area contributed by atoms with Crippen LogP contribution in [0.3, 0.4) is 0 Å². The van der Waals surface area contributed by atoms with Gasteiger partial charge in [0.05, 0.1) is 6.10 Å². The van der Waals surface area contributed by atoms with Crippen LogP contribution in [0.5, 0.6) is 0 Å². The molecular weight excluding hydrogens is 262 g/mol. The number of carbonyl (C=O) groups excluding carboxylic acids is 1. The van der Waals surface area contributed by atoms with Crippen LogP contribution in [0, 0.1) is 11.3 Å². The number of carbonyl (C=O) groups is 1. The fourth-order valence-corrected chi connectivity index (χ4v) is 5.18. The van der Waals surface area contributed by atoms with Crippen LogP contribution < -0.4 is 0 Å². The summed E-state index contributed by atoms with van der Waals surface area (Å²) >= 11 is 0. The first-order chi connectivity index (χ1) is 10.2. The molecule has 0 aliphatic heterocycles. The van der Waals surface area contributed by atoms with Gasteiger partial charge in [0.25, 0.3) is 0 Å². The smallest absolute Gasteiger partial charge is 0.225 e. The lowest BCUT2D eigenvalue weighted by atomic mass is 9.60. The van der Waals surface area contributed by atoms with E-state index in [1.807, 2.05) is 0 Å². The second kappa shape index (κ2) is 6.28. The molecular formula is C18H31NO2. The summed E-state index contributed by atoms with van der Waals surface area (Å²) in [5.74, 6) is 0.717. The Morgan fingerprint density at radius 2 is 1.81 bits per heavy atom. The highest BCUT2D eigenvalue weighted by Crippen LogP contribution is 2.56. The van der Waals surface area contributed by atoms with Crippen LogP contribution in [0.1, 0.15) is 71.1 Å². The number of ether oxygens (including phenoxy) is 1. The van der Waals surface area contributed by atoms with E-state index in [0.29, 0.717) is 24.0 Å². The normalized spacial score (nSPS) is 32.1. The summed E-state index contributed by atoms with van der Waals surface area (Å²) in [5, 5.41) is 0. The fourth-order valence-electron chi connectivity index (χ4n) is 5.18. The lowest BCUT2D eigenvalue weighted by Crippen LogP contribution is -2.64. The first kappa shape index (κ1) is 15.3. The average molecular weight is 293 g/mol. The van der Waals surface area contributed by atoms with Crippen molar-refractivity contribution in [1.82, 2.24) is 4.90 Å². The van der Waals surface area contributed by atoms with Gasteiger partial charge >= 0.3 is 0 Å². The SMILES string of the molecule is CCO[C@@H]1C[C@@H](N(C)C(=O)C2CCCCC2)C12CCCC2. The monoisotopic (exact) mass is 293 g/mol. The van der Waals surface area contributed by atoms with Gasteiger partial charge in [-0.1, -0.05) is 32.1 Å². The molecule has 0 aromatic heterocycles. The van der Waals surface area contributed by atoms with E-state index in [0.717, 1.165) is 25.9 Å². The highest BCUT2D eigenvalue weighted by Gasteiger charge is 2.59. The van der Waals surface area contributed by atoms with Gasteiger partial charge in [0.1, 0.15) is 0 Å². The third-order valence-electron chi connectivity index (χ3n) is 6.41. The molecule has 3 fully saturated rings. The zero-order chi connectivity index (χ0) is 14.9. The van der Waals surface area contributed by atoms with E-state index in [1.54, 1.807) is 0 Å². The Morgan fingerprint density at radius 1 is 1.14 bits per heavy atom. The van der Waals surface area contributed by atoms with Crippen LogP contribution in [-0.2, 0) is 9.53 Å². The molecule has 2 atom stereocenters. The highest BCUT2D eigenvalue weighted by molar-refractivity contribution is 5.79. The van der Waals surface area contributed by atoms with Crippen molar-refractivity contribution < 1.29 is 9.53 Å². The predicted octanol–water partition coefficient (Wildman–Crippen LogP) is 3.76. The van der Waals surface area contributed by atoms with Crippen molar-refractivity contribution >= 4 is 5.91 Å². The number of amides is 1. The number of rotatable bonds is 4. The Hall–Kier alpha value is -0.570. The van der Waals surface area contributed by atoms with E-state index in [4.69, 9.17) is 4.74 Å². The predicted molar refractivity (Wildman–Crippen MR) is 84.1 cm³/mol. The summed E-state index contributed by atoms with van der Waals surface area (Å²) in [6, 6.07) is 0.436. The lowest BCUT2D eigenvalue weighted by molar-refractivity contribution is -0.175. The van der Waals surface area contributed by atoms with E-state index in [9.17, 15) is 4.79 Å². The van der Waals surface area contributed by atoms with Gasteiger partial charge in [0.2, 0.25) is 5.91 Å². The molecule has 3 heteroatoms. The molecule has 1 amide bonds. The van der Waals surface area contributed by atoms with Gasteiger partial charge in [-0.2, -0.15) is 0 Å². The van der Waals surface area contributed by atoms with Crippen molar-refractivity contribution in [2.24, 2.45) is 11.3 Å². The second-order valence-corrected chi connectivity index (χ2v) is 7.42. The molecule has 120 valence electrons. The number of hydrogen-bond acceptors (Lipinski definition) is 2. The van der Waals surface area contributed by atoms with Gasteiger partial charge in [-0.15, -0.1) is 0 Å². The molecule has 3 rings (SSSR count). The van der Waals surface area contributed by atoms with E-state index < -0.39 is 0 Å². The van der Waals surface area contributed by atoms with Gasteiger partial charge in [-0.25, -0.2) is 0 Å². The van der Waals surface area contributed by atoms with Gasteiger partial charge in [-0.3, -0.25) is 4.79 Å². The Morgan fingerprint density at radius 3 is 2.43 bits per heavy atom. The Bertz CT molecular complexity index is 369. The second-order valence-electron chi connectivity index (χ2n) is 7.42. The van der Waals surface area contributed by atoms with Gasteiger partial charge < -0.3 is 9.64 Å². The molecule has 0 heterocycles. The molecule has 3 aliphatic rings. The third-order valence-corrected chi connectivity index (χ3v) is 6.41. The maximum atomic E-state index is 12.8. The molecule has 0 N–H and O–H groups in total. The molecule has 0 saturated heterocycles. The maximum absolute atomic E-state index is 12.8. The van der Waals surface area contributed by atoms with Gasteiger partial charge in [-0.05, 0) is 39.0 Å². The molecule has 3 nitrogen and oxygen atoms in total. The van der Waals surface area contributed by atoms with Crippen LogP contribution in [0.4, 0.5) is 0 Å². The van der Waals surface area contributed by atoms with Crippen molar-refractivity contribution in [3.8, 4) is 0 Å². The molecule has 21 heavy (non-hydrogen) atoms. The summed E-state index contributed by atoms with van der Waals surface area (Å²) in [4.78, 5) is 14.9. The largest absolute Gasteiger partial charge is 0.378 e. The van der Waals surface area contributed by atoms with Gasteiger partial charge in [0.15, 0.2) is 0 Å². The van der Waals surface area contributed by atoms with Gasteiger partial charge in [0, 0.05) is 31.0 Å². The van der Waals surface area contributed by atoms with E-state index in [2.05, 4.69) is 18.9 Å². The minimum absolute atomic E-state index is 0.287. The fraction of sp³-hybridized carbons (Fsp3) is 0.944. The van der Waals surface area contributed by atoms with E-state index in [-0.39, 0.29) is 5.41 Å². The molecule has 0 aromatic rings. The third kappa shape index (κ3) is 2.62. The maximum Gasteiger partial charge on any atom is 0.225 e. The van der Waals surface area contributed by atoms with Crippen LogP contribution in [0.2, 0.25) is 0 Å². The Balaban J connectivity index is 1.66. The minimum Gasteiger partial charge on any atom is -0.378 e. The Kier molecular flexibility index (Phi) is 4.58. The van der Waals surface area contributed by atoms with Crippen LogP contribution >= 0.6 is 0 Å². The minimum atomic E-state index is 0.287. The highest BCUT2D eigenvalue weighted by atomic mass is 16.5. The number of nitrogens with zero attached hydrogens (tertiary/aromatic N) is 1. The van der Waals surface area contributed by atoms with Crippen molar-refractivity contribution in [2.75, 3.05) is 13.7 Å². The quantitative estimate of drug-likeness (QED) is 0.790. The molecule has 0 aromatic carbocycles. The summed E-state index contributed by atoms with van der Waals surface area (Å²) in [7, 11) is 2.06. The molecule has 3 aliphatic carbocycles. The zero-order valence-electron chi connectivity index (χ0n) is 13.8. The summed E-state index contributed by atoms with van der Waals surface area (Å²) in [6.07, 6.45) is 12.6. The summed E-state index contributed by atoms with van der Waals surface area (Å²) < 4.78 is 5.98. The molecule has 0 bridgehead atoms. The van der Waals surface area contributed by atoms with Crippen LogP contribution in [0.15, 0.2) is 0 Å². The average Bonchev–Trinajstić information content (AvgIpc) is 3.03. The van der Waals surface area contributed by atoms with E-state index in [1.165, 1.54) is 44.9 Å². The topological polar surface area (TPSA) is 29.5 Å². The first-order valence-electron chi connectivity index (χ1n) is 9.07. The Labute approximate surface area is 129 Å². The number of hydrogen-bond donors (Lipinski definition) is 0.